The monoisotopic (exact) mass is 275 g/mol. The number of anilines is 1. The van der Waals surface area contributed by atoms with Gasteiger partial charge in [-0.25, -0.2) is 0 Å². The predicted molar refractivity (Wildman–Crippen MR) is 68.5 cm³/mol. The lowest BCUT2D eigenvalue weighted by atomic mass is 9.94. The van der Waals surface area contributed by atoms with Gasteiger partial charge in [0.05, 0.1) is 0 Å². The second kappa shape index (κ2) is 5.33. The van der Waals surface area contributed by atoms with Crippen molar-refractivity contribution in [1.29, 1.82) is 0 Å². The molecular weight excluding hydrogens is 261 g/mol. The summed E-state index contributed by atoms with van der Waals surface area (Å²) in [7, 11) is 2.13. The van der Waals surface area contributed by atoms with Gasteiger partial charge in [0.25, 0.3) is 0 Å². The van der Waals surface area contributed by atoms with Crippen LogP contribution in [0.25, 0.3) is 0 Å². The molecule has 1 aliphatic rings. The minimum atomic E-state index is 0.119. The second-order valence-electron chi connectivity index (χ2n) is 4.48. The number of aromatic nitrogens is 3. The normalized spacial score (nSPS) is 25.9. The maximum Gasteiger partial charge on any atom is 0.228 e. The van der Waals surface area contributed by atoms with E-state index >= 15 is 0 Å². The molecule has 2 heterocycles. The van der Waals surface area contributed by atoms with Crippen molar-refractivity contribution in [2.45, 2.75) is 19.4 Å². The predicted octanol–water partition coefficient (Wildman–Crippen LogP) is 1.93. The summed E-state index contributed by atoms with van der Waals surface area (Å²) in [5, 5.41) is 3.51. The SMILES string of the molecule is CC1CN(C)CCC1Nc1nc(Cl)nc(Cl)n1. The number of likely N-dealkylation sites (tertiary alicyclic amines) is 1. The van der Waals surface area contributed by atoms with E-state index in [0.29, 0.717) is 17.9 Å². The number of nitrogens with zero attached hydrogens (tertiary/aromatic N) is 4. The molecule has 1 aromatic rings. The Labute approximate surface area is 111 Å². The van der Waals surface area contributed by atoms with Gasteiger partial charge in [0.2, 0.25) is 16.5 Å². The molecule has 0 radical (unpaired) electrons. The Balaban J connectivity index is 2.05. The van der Waals surface area contributed by atoms with Crippen LogP contribution >= 0.6 is 23.2 Å². The van der Waals surface area contributed by atoms with E-state index in [4.69, 9.17) is 23.2 Å². The molecular formula is C10H15Cl2N5. The summed E-state index contributed by atoms with van der Waals surface area (Å²) in [5.74, 6) is 0.986. The Bertz CT molecular complexity index is 380. The highest BCUT2D eigenvalue weighted by atomic mass is 35.5. The van der Waals surface area contributed by atoms with Gasteiger partial charge in [-0.3, -0.25) is 0 Å². The first kappa shape index (κ1) is 12.8. The van der Waals surface area contributed by atoms with Crippen molar-refractivity contribution < 1.29 is 0 Å². The fourth-order valence-electron chi connectivity index (χ4n) is 2.12. The Hall–Kier alpha value is -0.650. The maximum absolute atomic E-state index is 5.73. The van der Waals surface area contributed by atoms with Crippen molar-refractivity contribution in [2.75, 3.05) is 25.5 Å². The van der Waals surface area contributed by atoms with Crippen LogP contribution in [-0.2, 0) is 0 Å². The lowest BCUT2D eigenvalue weighted by molar-refractivity contribution is 0.206. The highest BCUT2D eigenvalue weighted by Crippen LogP contribution is 2.19. The third-order valence-corrected chi connectivity index (χ3v) is 3.34. The molecule has 0 aromatic carbocycles. The molecule has 2 rings (SSSR count). The van der Waals surface area contributed by atoms with Gasteiger partial charge in [-0.15, -0.1) is 0 Å². The van der Waals surface area contributed by atoms with Gasteiger partial charge in [0.1, 0.15) is 0 Å². The topological polar surface area (TPSA) is 53.9 Å². The molecule has 1 saturated heterocycles. The molecule has 0 saturated carbocycles. The van der Waals surface area contributed by atoms with Gasteiger partial charge in [0.15, 0.2) is 0 Å². The van der Waals surface area contributed by atoms with Gasteiger partial charge in [-0.2, -0.15) is 15.0 Å². The summed E-state index contributed by atoms with van der Waals surface area (Å²) >= 11 is 11.5. The van der Waals surface area contributed by atoms with Crippen molar-refractivity contribution in [3.05, 3.63) is 10.6 Å². The summed E-state index contributed by atoms with van der Waals surface area (Å²) in [4.78, 5) is 14.1. The van der Waals surface area contributed by atoms with Crippen LogP contribution in [0.2, 0.25) is 10.6 Å². The Morgan fingerprint density at radius 1 is 1.24 bits per heavy atom. The lowest BCUT2D eigenvalue weighted by Crippen LogP contribution is -2.43. The van der Waals surface area contributed by atoms with Crippen LogP contribution in [-0.4, -0.2) is 46.0 Å². The van der Waals surface area contributed by atoms with Crippen LogP contribution in [0.1, 0.15) is 13.3 Å². The van der Waals surface area contributed by atoms with E-state index in [1.54, 1.807) is 0 Å². The van der Waals surface area contributed by atoms with Crippen LogP contribution in [0.5, 0.6) is 0 Å². The molecule has 17 heavy (non-hydrogen) atoms. The molecule has 1 aromatic heterocycles. The highest BCUT2D eigenvalue weighted by Gasteiger charge is 2.24. The minimum Gasteiger partial charge on any atom is -0.351 e. The summed E-state index contributed by atoms with van der Waals surface area (Å²) in [6.07, 6.45) is 1.05. The van der Waals surface area contributed by atoms with E-state index in [1.807, 2.05) is 0 Å². The molecule has 0 spiro atoms. The zero-order chi connectivity index (χ0) is 12.4. The Morgan fingerprint density at radius 2 is 1.88 bits per heavy atom. The molecule has 0 bridgehead atoms. The number of rotatable bonds is 2. The van der Waals surface area contributed by atoms with E-state index in [0.717, 1.165) is 19.5 Å². The average molecular weight is 276 g/mol. The van der Waals surface area contributed by atoms with Crippen molar-refractivity contribution in [1.82, 2.24) is 19.9 Å². The van der Waals surface area contributed by atoms with Crippen LogP contribution < -0.4 is 5.32 Å². The number of nitrogens with one attached hydrogen (secondary N) is 1. The van der Waals surface area contributed by atoms with Crippen molar-refractivity contribution in [3.63, 3.8) is 0 Å². The Kier molecular flexibility index (Phi) is 4.01. The van der Waals surface area contributed by atoms with Gasteiger partial charge in [0, 0.05) is 12.6 Å². The molecule has 0 aliphatic carbocycles. The quantitative estimate of drug-likeness (QED) is 0.894. The summed E-state index contributed by atoms with van der Waals surface area (Å²) in [6.45, 7) is 4.33. The fraction of sp³-hybridized carbons (Fsp3) is 0.700. The molecule has 0 amide bonds. The first-order valence-corrected chi connectivity index (χ1v) is 6.32. The second-order valence-corrected chi connectivity index (χ2v) is 5.15. The zero-order valence-corrected chi connectivity index (χ0v) is 11.3. The number of hydrogen-bond donors (Lipinski definition) is 1. The Morgan fingerprint density at radius 3 is 2.47 bits per heavy atom. The largest absolute Gasteiger partial charge is 0.351 e. The van der Waals surface area contributed by atoms with E-state index in [-0.39, 0.29) is 10.6 Å². The number of halogens is 2. The molecule has 5 nitrogen and oxygen atoms in total. The average Bonchev–Trinajstić information content (AvgIpc) is 2.21. The first-order chi connectivity index (χ1) is 8.04. The first-order valence-electron chi connectivity index (χ1n) is 5.57. The number of piperidine rings is 1. The fourth-order valence-corrected chi connectivity index (χ4v) is 2.49. The van der Waals surface area contributed by atoms with Gasteiger partial charge < -0.3 is 10.2 Å². The number of hydrogen-bond acceptors (Lipinski definition) is 5. The minimum absolute atomic E-state index is 0.119. The molecule has 94 valence electrons. The van der Waals surface area contributed by atoms with Gasteiger partial charge in [-0.05, 0) is 49.1 Å². The molecule has 1 fully saturated rings. The molecule has 1 aliphatic heterocycles. The van der Waals surface area contributed by atoms with Crippen LogP contribution in [0.4, 0.5) is 5.95 Å². The molecule has 7 heteroatoms. The van der Waals surface area contributed by atoms with Crippen LogP contribution in [0, 0.1) is 5.92 Å². The molecule has 2 atom stereocenters. The van der Waals surface area contributed by atoms with Crippen molar-refractivity contribution >= 4 is 29.2 Å². The summed E-state index contributed by atoms with van der Waals surface area (Å²) in [5.41, 5.74) is 0. The highest BCUT2D eigenvalue weighted by molar-refractivity contribution is 6.31. The standard InChI is InChI=1S/C10H15Cl2N5/c1-6-5-17(2)4-3-7(6)13-10-15-8(11)14-9(12)16-10/h6-7H,3-5H2,1-2H3,(H,13,14,15,16). The molecule has 2 unspecified atom stereocenters. The van der Waals surface area contributed by atoms with Gasteiger partial charge in [-0.1, -0.05) is 6.92 Å². The van der Waals surface area contributed by atoms with E-state index in [1.165, 1.54) is 0 Å². The van der Waals surface area contributed by atoms with Crippen LogP contribution in [0.15, 0.2) is 0 Å². The zero-order valence-electron chi connectivity index (χ0n) is 9.82. The van der Waals surface area contributed by atoms with E-state index in [2.05, 4.69) is 39.1 Å². The maximum atomic E-state index is 5.73. The van der Waals surface area contributed by atoms with E-state index in [9.17, 15) is 0 Å². The van der Waals surface area contributed by atoms with E-state index < -0.39 is 0 Å². The smallest absolute Gasteiger partial charge is 0.228 e. The van der Waals surface area contributed by atoms with Crippen LogP contribution in [0.3, 0.4) is 0 Å². The lowest BCUT2D eigenvalue weighted by Gasteiger charge is -2.35. The van der Waals surface area contributed by atoms with Crippen molar-refractivity contribution in [3.8, 4) is 0 Å². The third kappa shape index (κ3) is 3.40. The van der Waals surface area contributed by atoms with Crippen molar-refractivity contribution in [2.24, 2.45) is 5.92 Å². The van der Waals surface area contributed by atoms with Gasteiger partial charge >= 0.3 is 0 Å². The third-order valence-electron chi connectivity index (χ3n) is 3.00. The summed E-state index contributed by atoms with van der Waals surface area (Å²) < 4.78 is 0. The summed E-state index contributed by atoms with van der Waals surface area (Å²) in [6, 6.07) is 0.348. The molecule has 1 N–H and O–H groups in total.